The van der Waals surface area contributed by atoms with Crippen molar-refractivity contribution in [2.24, 2.45) is 10.2 Å². The Morgan fingerprint density at radius 1 is 1.08 bits per heavy atom. The maximum atomic E-state index is 11.9. The van der Waals surface area contributed by atoms with Crippen molar-refractivity contribution in [1.29, 1.82) is 0 Å². The molecule has 0 aliphatic rings. The summed E-state index contributed by atoms with van der Waals surface area (Å²) in [5.41, 5.74) is 9.57. The molecule has 1 heterocycles. The number of benzene rings is 3. The number of hydrogen-bond donors (Lipinski definition) is 2. The monoisotopic (exact) mass is 542 g/mol. The van der Waals surface area contributed by atoms with Crippen molar-refractivity contribution in [3.8, 4) is 17.0 Å². The van der Waals surface area contributed by atoms with Crippen LogP contribution in [0.25, 0.3) is 22.0 Å². The number of aryl methyl sites for hydroxylation is 1. The number of carbonyl (C=O) groups is 1. The van der Waals surface area contributed by atoms with E-state index in [1.807, 2.05) is 13.0 Å². The number of rotatable bonds is 9. The molecule has 192 valence electrons. The number of anilines is 1. The molecule has 0 amide bonds. The molecule has 0 fully saturated rings. The first-order valence-corrected chi connectivity index (χ1v) is 13.1. The summed E-state index contributed by atoms with van der Waals surface area (Å²) in [5.74, 6) is 0.484. The van der Waals surface area contributed by atoms with Crippen LogP contribution in [0.3, 0.4) is 0 Å². The van der Waals surface area contributed by atoms with Crippen molar-refractivity contribution in [1.82, 2.24) is 4.98 Å². The van der Waals surface area contributed by atoms with E-state index < -0.39 is 10.1 Å². The summed E-state index contributed by atoms with van der Waals surface area (Å²) in [7, 11) is -4.52. The van der Waals surface area contributed by atoms with Crippen LogP contribution in [0.2, 0.25) is 0 Å². The second kappa shape index (κ2) is 12.6. The molecule has 38 heavy (non-hydrogen) atoms. The zero-order valence-electron chi connectivity index (χ0n) is 20.4. The van der Waals surface area contributed by atoms with Crippen LogP contribution in [-0.4, -0.2) is 60.4 Å². The molecule has 0 bridgehead atoms. The van der Waals surface area contributed by atoms with E-state index in [4.69, 9.17) is 10.5 Å². The molecule has 3 aromatic carbocycles. The fraction of sp³-hybridized carbons (Fsp3) is 0.185. The Balaban J connectivity index is 0.00000400. The van der Waals surface area contributed by atoms with Crippen LogP contribution >= 0.6 is 0 Å². The normalized spacial score (nSPS) is 11.4. The molecule has 3 N–H and O–H groups in total. The van der Waals surface area contributed by atoms with Gasteiger partial charge >= 0.3 is 29.6 Å². The Kier molecular flexibility index (Phi) is 9.75. The first kappa shape index (κ1) is 29.4. The van der Waals surface area contributed by atoms with Gasteiger partial charge in [0.25, 0.3) is 10.1 Å². The number of carbonyl (C=O) groups excluding carboxylic acids is 1. The minimum absolute atomic E-state index is 0. The molecule has 0 atom stereocenters. The SMILES string of the molecule is CCCCOc1c(C=O)cc(C)cc1-c1ccc(/N=N/c2cc(S(=O)(=O)O)c3ccccc3c2N)cn1.[NaH]. The number of ether oxygens (including phenoxy) is 1. The number of nitrogens with zero attached hydrogens (tertiary/aromatic N) is 3. The van der Waals surface area contributed by atoms with Crippen molar-refractivity contribution in [3.63, 3.8) is 0 Å². The Hall–Kier alpha value is -3.15. The average Bonchev–Trinajstić information content (AvgIpc) is 2.88. The van der Waals surface area contributed by atoms with E-state index >= 15 is 0 Å². The molecule has 1 aromatic heterocycles. The zero-order chi connectivity index (χ0) is 26.6. The molecule has 11 heteroatoms. The van der Waals surface area contributed by atoms with Crippen LogP contribution in [0, 0.1) is 6.92 Å². The van der Waals surface area contributed by atoms with Gasteiger partial charge in [-0.05, 0) is 49.2 Å². The number of aromatic nitrogens is 1. The minimum atomic E-state index is -4.52. The van der Waals surface area contributed by atoms with Gasteiger partial charge in [-0.15, -0.1) is 10.2 Å². The van der Waals surface area contributed by atoms with Crippen molar-refractivity contribution >= 4 is 73.8 Å². The van der Waals surface area contributed by atoms with Crippen molar-refractivity contribution in [3.05, 3.63) is 71.9 Å². The summed E-state index contributed by atoms with van der Waals surface area (Å²) in [5, 5.41) is 9.00. The topological polar surface area (TPSA) is 144 Å². The first-order chi connectivity index (χ1) is 17.7. The van der Waals surface area contributed by atoms with E-state index in [1.54, 1.807) is 42.5 Å². The van der Waals surface area contributed by atoms with Crippen LogP contribution in [-0.2, 0) is 10.1 Å². The molecule has 9 nitrogen and oxygen atoms in total. The van der Waals surface area contributed by atoms with Gasteiger partial charge in [0.05, 0.1) is 29.7 Å². The molecule has 0 saturated carbocycles. The third kappa shape index (κ3) is 6.46. The average molecular weight is 543 g/mol. The molecule has 4 rings (SSSR count). The number of aldehydes is 1. The summed E-state index contributed by atoms with van der Waals surface area (Å²) in [6.45, 7) is 4.44. The Morgan fingerprint density at radius 2 is 1.82 bits per heavy atom. The van der Waals surface area contributed by atoms with Crippen molar-refractivity contribution in [2.75, 3.05) is 12.3 Å². The third-order valence-corrected chi connectivity index (χ3v) is 6.63. The van der Waals surface area contributed by atoms with Crippen molar-refractivity contribution < 1.29 is 22.5 Å². The van der Waals surface area contributed by atoms with E-state index in [0.29, 0.717) is 40.3 Å². The number of azo groups is 1. The molecule has 0 unspecified atom stereocenters. The Labute approximate surface area is 243 Å². The van der Waals surface area contributed by atoms with Gasteiger partial charge in [0.15, 0.2) is 6.29 Å². The van der Waals surface area contributed by atoms with E-state index in [-0.39, 0.29) is 51.2 Å². The van der Waals surface area contributed by atoms with Crippen LogP contribution in [0.1, 0.15) is 35.7 Å². The van der Waals surface area contributed by atoms with Gasteiger partial charge in [0.1, 0.15) is 22.0 Å². The second-order valence-electron chi connectivity index (χ2n) is 8.48. The predicted molar refractivity (Wildman–Crippen MR) is 150 cm³/mol. The van der Waals surface area contributed by atoms with Gasteiger partial charge in [-0.2, -0.15) is 8.42 Å². The van der Waals surface area contributed by atoms with Gasteiger partial charge in [0.2, 0.25) is 0 Å². The van der Waals surface area contributed by atoms with E-state index in [2.05, 4.69) is 22.1 Å². The van der Waals surface area contributed by atoms with Gasteiger partial charge in [0, 0.05) is 16.3 Å². The number of nitrogen functional groups attached to an aromatic ring is 1. The van der Waals surface area contributed by atoms with Crippen molar-refractivity contribution in [2.45, 2.75) is 31.6 Å². The molecular formula is C27H27N4NaO5S. The molecule has 0 aliphatic heterocycles. The predicted octanol–water partition coefficient (Wildman–Crippen LogP) is 5.80. The van der Waals surface area contributed by atoms with Gasteiger partial charge in [-0.1, -0.05) is 37.6 Å². The van der Waals surface area contributed by atoms with Gasteiger partial charge in [-0.25, -0.2) is 0 Å². The number of hydrogen-bond acceptors (Lipinski definition) is 8. The van der Waals surface area contributed by atoms with Crippen LogP contribution in [0.4, 0.5) is 17.1 Å². The fourth-order valence-electron chi connectivity index (χ4n) is 3.92. The maximum absolute atomic E-state index is 11.9. The van der Waals surface area contributed by atoms with Crippen LogP contribution < -0.4 is 10.5 Å². The van der Waals surface area contributed by atoms with Gasteiger partial charge < -0.3 is 10.5 Å². The molecule has 0 saturated heterocycles. The third-order valence-electron chi connectivity index (χ3n) is 5.73. The fourth-order valence-corrected chi connectivity index (χ4v) is 4.64. The summed E-state index contributed by atoms with van der Waals surface area (Å²) in [6, 6.07) is 14.8. The number of pyridine rings is 1. The molecule has 4 aromatic rings. The number of nitrogens with two attached hydrogens (primary N) is 1. The van der Waals surface area contributed by atoms with E-state index in [0.717, 1.165) is 24.7 Å². The summed E-state index contributed by atoms with van der Waals surface area (Å²) in [4.78, 5) is 15.8. The molecule has 0 spiro atoms. The standard InChI is InChI=1S/C27H26N4O5S.Na.H/c1-3-4-11-36-27-18(16-32)12-17(2)13-22(27)23-10-9-19(15-29-23)30-31-24-14-25(37(33,34)35)20-7-5-6-8-21(20)26(24)28;;/h5-10,12-16H,3-4,11,28H2,1-2H3,(H,33,34,35);;/b31-30+;;. The number of unbranched alkanes of at least 4 members (excludes halogenated alkanes) is 1. The second-order valence-corrected chi connectivity index (χ2v) is 9.87. The van der Waals surface area contributed by atoms with E-state index in [1.165, 1.54) is 12.3 Å². The quantitative estimate of drug-likeness (QED) is 0.0679. The summed E-state index contributed by atoms with van der Waals surface area (Å²) < 4.78 is 39.5. The van der Waals surface area contributed by atoms with Crippen LogP contribution in [0.5, 0.6) is 5.75 Å². The number of fused-ring (bicyclic) bond motifs is 1. The van der Waals surface area contributed by atoms with Gasteiger partial charge in [-0.3, -0.25) is 14.3 Å². The Bertz CT molecular complexity index is 1610. The first-order valence-electron chi connectivity index (χ1n) is 11.6. The Morgan fingerprint density at radius 3 is 2.45 bits per heavy atom. The molecule has 0 radical (unpaired) electrons. The zero-order valence-corrected chi connectivity index (χ0v) is 21.2. The van der Waals surface area contributed by atoms with Crippen LogP contribution in [0.15, 0.2) is 75.9 Å². The molecule has 0 aliphatic carbocycles. The van der Waals surface area contributed by atoms with E-state index in [9.17, 15) is 17.8 Å². The molecular weight excluding hydrogens is 515 g/mol. The summed E-state index contributed by atoms with van der Waals surface area (Å²) in [6.07, 6.45) is 4.09. The summed E-state index contributed by atoms with van der Waals surface area (Å²) >= 11 is 0.